The average Bonchev–Trinajstić information content (AvgIpc) is 3.42. The highest BCUT2D eigenvalue weighted by Gasteiger charge is 2.36. The highest BCUT2D eigenvalue weighted by molar-refractivity contribution is 6.01. The van der Waals surface area contributed by atoms with E-state index in [4.69, 9.17) is 4.74 Å². The number of carbonyl (C=O) groups is 2. The molecule has 0 saturated carbocycles. The number of methoxy groups -OCH3 is 1. The van der Waals surface area contributed by atoms with Gasteiger partial charge in [0.05, 0.1) is 25.3 Å². The van der Waals surface area contributed by atoms with Gasteiger partial charge in [-0.1, -0.05) is 30.3 Å². The van der Waals surface area contributed by atoms with Gasteiger partial charge in [-0.05, 0) is 35.7 Å². The molecule has 0 radical (unpaired) electrons. The first kappa shape index (κ1) is 20.6. The van der Waals surface area contributed by atoms with Crippen LogP contribution in [0.3, 0.4) is 0 Å². The molecule has 1 saturated heterocycles. The Morgan fingerprint density at radius 3 is 2.84 bits per heavy atom. The van der Waals surface area contributed by atoms with Crippen molar-refractivity contribution in [3.05, 3.63) is 71.8 Å². The predicted octanol–water partition coefficient (Wildman–Crippen LogP) is 2.31. The van der Waals surface area contributed by atoms with E-state index in [1.807, 2.05) is 49.4 Å². The normalized spacial score (nSPS) is 15.9. The largest absolute Gasteiger partial charge is 0.495 e. The van der Waals surface area contributed by atoms with Crippen molar-refractivity contribution < 1.29 is 14.3 Å². The van der Waals surface area contributed by atoms with Crippen molar-refractivity contribution in [3.63, 3.8) is 0 Å². The fourth-order valence-electron chi connectivity index (χ4n) is 3.80. The molecule has 1 atom stereocenters. The van der Waals surface area contributed by atoms with Crippen molar-refractivity contribution in [2.45, 2.75) is 26.4 Å². The number of rotatable bonds is 7. The second kappa shape index (κ2) is 8.99. The van der Waals surface area contributed by atoms with Crippen LogP contribution in [0.5, 0.6) is 5.75 Å². The summed E-state index contributed by atoms with van der Waals surface area (Å²) in [6.07, 6.45) is 3.36. The van der Waals surface area contributed by atoms with Crippen molar-refractivity contribution in [2.75, 3.05) is 18.6 Å². The number of anilines is 1. The second-order valence-corrected chi connectivity index (χ2v) is 7.71. The lowest BCUT2D eigenvalue weighted by Crippen LogP contribution is -2.32. The molecule has 3 aromatic rings. The number of carbonyl (C=O) groups excluding carboxylic acids is 2. The molecular formula is C23H25N5O3. The van der Waals surface area contributed by atoms with Gasteiger partial charge >= 0.3 is 0 Å². The maximum absolute atomic E-state index is 12.8. The molecule has 1 N–H and O–H groups in total. The van der Waals surface area contributed by atoms with Gasteiger partial charge in [0.15, 0.2) is 0 Å². The van der Waals surface area contributed by atoms with Crippen LogP contribution in [0.2, 0.25) is 0 Å². The molecule has 0 bridgehead atoms. The molecule has 8 heteroatoms. The summed E-state index contributed by atoms with van der Waals surface area (Å²) in [4.78, 5) is 31.0. The zero-order valence-corrected chi connectivity index (χ0v) is 17.6. The number of aryl methyl sites for hydroxylation is 1. The molecule has 4 rings (SSSR count). The van der Waals surface area contributed by atoms with E-state index >= 15 is 0 Å². The van der Waals surface area contributed by atoms with E-state index in [1.54, 1.807) is 23.0 Å². The SMILES string of the molecule is COc1ccc(C)cc1N1CC(C(=O)NCc2cccc(Cn3cncn3)c2)CC1=O. The van der Waals surface area contributed by atoms with Crippen molar-refractivity contribution in [3.8, 4) is 5.75 Å². The molecule has 1 aliphatic rings. The third-order valence-corrected chi connectivity index (χ3v) is 5.39. The fraction of sp³-hybridized carbons (Fsp3) is 0.304. The Balaban J connectivity index is 1.38. The van der Waals surface area contributed by atoms with Crippen LogP contribution in [0.4, 0.5) is 5.69 Å². The number of hydrogen-bond donors (Lipinski definition) is 1. The molecule has 2 aromatic carbocycles. The molecule has 8 nitrogen and oxygen atoms in total. The van der Waals surface area contributed by atoms with Gasteiger partial charge in [-0.15, -0.1) is 0 Å². The number of nitrogens with zero attached hydrogens (tertiary/aromatic N) is 4. The smallest absolute Gasteiger partial charge is 0.227 e. The highest BCUT2D eigenvalue weighted by atomic mass is 16.5. The lowest BCUT2D eigenvalue weighted by Gasteiger charge is -2.20. The van der Waals surface area contributed by atoms with E-state index in [2.05, 4.69) is 15.4 Å². The molecule has 1 aliphatic heterocycles. The van der Waals surface area contributed by atoms with Gasteiger partial charge in [0, 0.05) is 19.5 Å². The van der Waals surface area contributed by atoms with Crippen LogP contribution in [-0.2, 0) is 22.7 Å². The minimum Gasteiger partial charge on any atom is -0.495 e. The average molecular weight is 419 g/mol. The summed E-state index contributed by atoms with van der Waals surface area (Å²) >= 11 is 0. The van der Waals surface area contributed by atoms with Crippen molar-refractivity contribution in [1.82, 2.24) is 20.1 Å². The minimum atomic E-state index is -0.393. The summed E-state index contributed by atoms with van der Waals surface area (Å²) < 4.78 is 7.15. The van der Waals surface area contributed by atoms with Gasteiger partial charge in [0.2, 0.25) is 11.8 Å². The first-order chi connectivity index (χ1) is 15.0. The highest BCUT2D eigenvalue weighted by Crippen LogP contribution is 2.33. The van der Waals surface area contributed by atoms with Crippen LogP contribution in [-0.4, -0.2) is 40.2 Å². The van der Waals surface area contributed by atoms with E-state index < -0.39 is 5.92 Å². The molecular weight excluding hydrogens is 394 g/mol. The standard InChI is InChI=1S/C23H25N5O3/c1-16-6-7-21(31-2)20(8-16)28-13-19(10-22(28)29)23(30)25-11-17-4-3-5-18(9-17)12-27-15-24-14-26-27/h3-9,14-15,19H,10-13H2,1-2H3,(H,25,30). The zero-order chi connectivity index (χ0) is 21.8. The Labute approximate surface area is 180 Å². The number of amides is 2. The fourth-order valence-corrected chi connectivity index (χ4v) is 3.80. The van der Waals surface area contributed by atoms with E-state index in [9.17, 15) is 9.59 Å². The van der Waals surface area contributed by atoms with Gasteiger partial charge in [-0.2, -0.15) is 5.10 Å². The maximum Gasteiger partial charge on any atom is 0.227 e. The van der Waals surface area contributed by atoms with Crippen LogP contribution in [0.1, 0.15) is 23.1 Å². The molecule has 31 heavy (non-hydrogen) atoms. The topological polar surface area (TPSA) is 89.3 Å². The Hall–Kier alpha value is -3.68. The van der Waals surface area contributed by atoms with Crippen LogP contribution in [0.15, 0.2) is 55.1 Å². The van der Waals surface area contributed by atoms with E-state index in [-0.39, 0.29) is 18.2 Å². The van der Waals surface area contributed by atoms with E-state index in [1.165, 1.54) is 6.33 Å². The van der Waals surface area contributed by atoms with Gasteiger partial charge in [-0.25, -0.2) is 9.67 Å². The quantitative estimate of drug-likeness (QED) is 0.635. The van der Waals surface area contributed by atoms with E-state index in [0.717, 1.165) is 16.7 Å². The third kappa shape index (κ3) is 4.74. The molecule has 2 heterocycles. The summed E-state index contributed by atoms with van der Waals surface area (Å²) in [6.45, 7) is 3.33. The first-order valence-electron chi connectivity index (χ1n) is 10.2. The maximum atomic E-state index is 12.8. The van der Waals surface area contributed by atoms with Crippen molar-refractivity contribution in [2.24, 2.45) is 5.92 Å². The monoisotopic (exact) mass is 419 g/mol. The number of benzene rings is 2. The molecule has 0 spiro atoms. The van der Waals surface area contributed by atoms with Gasteiger partial charge < -0.3 is 15.0 Å². The number of nitrogens with one attached hydrogen (secondary N) is 1. The van der Waals surface area contributed by atoms with Gasteiger partial charge in [0.1, 0.15) is 18.4 Å². The van der Waals surface area contributed by atoms with Crippen molar-refractivity contribution >= 4 is 17.5 Å². The summed E-state index contributed by atoms with van der Waals surface area (Å²) in [5, 5.41) is 7.09. The Bertz CT molecular complexity index is 1080. The third-order valence-electron chi connectivity index (χ3n) is 5.39. The van der Waals surface area contributed by atoms with Crippen LogP contribution in [0.25, 0.3) is 0 Å². The lowest BCUT2D eigenvalue weighted by atomic mass is 10.1. The zero-order valence-electron chi connectivity index (χ0n) is 17.6. The first-order valence-corrected chi connectivity index (χ1v) is 10.2. The van der Waals surface area contributed by atoms with Crippen molar-refractivity contribution in [1.29, 1.82) is 0 Å². The number of hydrogen-bond acceptors (Lipinski definition) is 5. The summed E-state index contributed by atoms with van der Waals surface area (Å²) in [6, 6.07) is 13.7. The second-order valence-electron chi connectivity index (χ2n) is 7.71. The van der Waals surface area contributed by atoms with Crippen LogP contribution in [0, 0.1) is 12.8 Å². The lowest BCUT2D eigenvalue weighted by molar-refractivity contribution is -0.126. The minimum absolute atomic E-state index is 0.0705. The number of ether oxygens (including phenoxy) is 1. The molecule has 1 fully saturated rings. The van der Waals surface area contributed by atoms with Gasteiger partial charge in [0.25, 0.3) is 0 Å². The predicted molar refractivity (Wildman–Crippen MR) is 116 cm³/mol. The number of aromatic nitrogens is 3. The van der Waals surface area contributed by atoms with Crippen LogP contribution >= 0.6 is 0 Å². The Morgan fingerprint density at radius 1 is 1.23 bits per heavy atom. The molecule has 2 amide bonds. The van der Waals surface area contributed by atoms with Crippen LogP contribution < -0.4 is 15.0 Å². The molecule has 0 aliphatic carbocycles. The molecule has 1 aromatic heterocycles. The summed E-state index contributed by atoms with van der Waals surface area (Å²) in [7, 11) is 1.58. The summed E-state index contributed by atoms with van der Waals surface area (Å²) in [5.41, 5.74) is 3.81. The molecule has 160 valence electrons. The van der Waals surface area contributed by atoms with Gasteiger partial charge in [-0.3, -0.25) is 9.59 Å². The Kier molecular flexibility index (Phi) is 5.97. The molecule has 1 unspecified atom stereocenters. The summed E-state index contributed by atoms with van der Waals surface area (Å²) in [5.74, 6) is 0.0447. The Morgan fingerprint density at radius 2 is 2.06 bits per heavy atom. The van der Waals surface area contributed by atoms with E-state index in [0.29, 0.717) is 31.1 Å².